The molecule has 0 aliphatic heterocycles. The quantitative estimate of drug-likeness (QED) is 0.828. The van der Waals surface area contributed by atoms with Gasteiger partial charge in [-0.05, 0) is 46.2 Å². The lowest BCUT2D eigenvalue weighted by molar-refractivity contribution is 0.626. The van der Waals surface area contributed by atoms with Crippen LogP contribution in [0.2, 0.25) is 0 Å². The number of rotatable bonds is 2. The second-order valence-corrected chi connectivity index (χ2v) is 5.77. The first-order valence-electron chi connectivity index (χ1n) is 6.68. The summed E-state index contributed by atoms with van der Waals surface area (Å²) < 4.78 is 0. The average Bonchev–Trinajstić information content (AvgIpc) is 2.38. The van der Waals surface area contributed by atoms with E-state index in [-0.39, 0.29) is 0 Å². The van der Waals surface area contributed by atoms with Crippen LogP contribution in [0.1, 0.15) is 36.5 Å². The van der Waals surface area contributed by atoms with Gasteiger partial charge >= 0.3 is 0 Å². The Morgan fingerprint density at radius 2 is 1.75 bits per heavy atom. The summed E-state index contributed by atoms with van der Waals surface area (Å²) in [5.41, 5.74) is 4.59. The van der Waals surface area contributed by atoms with Gasteiger partial charge in [0.15, 0.2) is 0 Å². The minimum absolute atomic E-state index is 0.579. The van der Waals surface area contributed by atoms with E-state index in [0.717, 1.165) is 17.0 Å². The van der Waals surface area contributed by atoms with E-state index in [2.05, 4.69) is 48.1 Å². The topological polar surface area (TPSA) is 49.6 Å². The van der Waals surface area contributed by atoms with E-state index < -0.39 is 5.41 Å². The predicted molar refractivity (Wildman–Crippen MR) is 80.3 cm³/mol. The highest BCUT2D eigenvalue weighted by Crippen LogP contribution is 2.26. The Labute approximate surface area is 120 Å². The van der Waals surface area contributed by atoms with Gasteiger partial charge in [-0.25, -0.2) is 9.97 Å². The van der Waals surface area contributed by atoms with Crippen molar-refractivity contribution in [2.24, 2.45) is 0 Å². The Bertz CT molecular complexity index is 694. The molecule has 0 amide bonds. The van der Waals surface area contributed by atoms with Crippen LogP contribution in [0.3, 0.4) is 0 Å². The minimum Gasteiger partial charge on any atom is -0.236 e. The summed E-state index contributed by atoms with van der Waals surface area (Å²) in [6.07, 6.45) is 0. The third kappa shape index (κ3) is 2.70. The summed E-state index contributed by atoms with van der Waals surface area (Å²) in [6.45, 7) is 9.77. The van der Waals surface area contributed by atoms with Crippen LogP contribution in [0.5, 0.6) is 0 Å². The van der Waals surface area contributed by atoms with Crippen LogP contribution in [-0.2, 0) is 5.41 Å². The van der Waals surface area contributed by atoms with Crippen LogP contribution in [0.15, 0.2) is 24.3 Å². The molecule has 0 radical (unpaired) electrons. The summed E-state index contributed by atoms with van der Waals surface area (Å²) in [5.74, 6) is 0.579. The molecule has 0 atom stereocenters. The highest BCUT2D eigenvalue weighted by atomic mass is 14.9. The minimum atomic E-state index is -0.681. The van der Waals surface area contributed by atoms with Crippen molar-refractivity contribution in [1.82, 2.24) is 9.97 Å². The average molecular weight is 265 g/mol. The van der Waals surface area contributed by atoms with E-state index in [4.69, 9.17) is 0 Å². The van der Waals surface area contributed by atoms with E-state index in [1.807, 2.05) is 26.8 Å². The molecular weight excluding hydrogens is 246 g/mol. The lowest BCUT2D eigenvalue weighted by Crippen LogP contribution is -2.19. The maximum absolute atomic E-state index is 9.26. The van der Waals surface area contributed by atoms with Crippen molar-refractivity contribution < 1.29 is 0 Å². The predicted octanol–water partition coefficient (Wildman–Crippen LogP) is 3.87. The molecule has 20 heavy (non-hydrogen) atoms. The zero-order valence-corrected chi connectivity index (χ0v) is 12.7. The molecule has 102 valence electrons. The first-order valence-corrected chi connectivity index (χ1v) is 6.68. The normalized spacial score (nSPS) is 11.2. The monoisotopic (exact) mass is 265 g/mol. The molecule has 2 aromatic rings. The summed E-state index contributed by atoms with van der Waals surface area (Å²) in [4.78, 5) is 9.02. The molecule has 1 heterocycles. The third-order valence-electron chi connectivity index (χ3n) is 3.35. The van der Waals surface area contributed by atoms with Gasteiger partial charge in [-0.3, -0.25) is 0 Å². The molecule has 0 saturated heterocycles. The Hall–Kier alpha value is -2.21. The molecule has 0 spiro atoms. The van der Waals surface area contributed by atoms with Crippen molar-refractivity contribution in [3.05, 3.63) is 46.9 Å². The highest BCUT2D eigenvalue weighted by molar-refractivity contribution is 5.64. The Kier molecular flexibility index (Phi) is 3.59. The van der Waals surface area contributed by atoms with Gasteiger partial charge in [0.25, 0.3) is 0 Å². The van der Waals surface area contributed by atoms with Crippen molar-refractivity contribution in [3.8, 4) is 17.3 Å². The summed E-state index contributed by atoms with van der Waals surface area (Å²) in [5, 5.41) is 9.26. The van der Waals surface area contributed by atoms with E-state index in [1.165, 1.54) is 11.1 Å². The molecule has 0 saturated carbocycles. The SMILES string of the molecule is Cc1ccc(-c2cc(C)nc(C(C)(C)C#N)n2)c(C)c1. The Morgan fingerprint density at radius 1 is 1.05 bits per heavy atom. The molecule has 0 fully saturated rings. The summed E-state index contributed by atoms with van der Waals surface area (Å²) in [7, 11) is 0. The van der Waals surface area contributed by atoms with E-state index in [9.17, 15) is 5.26 Å². The second-order valence-electron chi connectivity index (χ2n) is 5.77. The number of hydrogen-bond donors (Lipinski definition) is 0. The molecule has 0 unspecified atom stereocenters. The van der Waals surface area contributed by atoms with E-state index in [0.29, 0.717) is 5.82 Å². The van der Waals surface area contributed by atoms with Gasteiger partial charge in [-0.2, -0.15) is 5.26 Å². The number of hydrogen-bond acceptors (Lipinski definition) is 3. The van der Waals surface area contributed by atoms with Crippen molar-refractivity contribution in [2.45, 2.75) is 40.0 Å². The smallest absolute Gasteiger partial charge is 0.148 e. The van der Waals surface area contributed by atoms with E-state index in [1.54, 1.807) is 0 Å². The van der Waals surface area contributed by atoms with Gasteiger partial charge < -0.3 is 0 Å². The largest absolute Gasteiger partial charge is 0.236 e. The molecule has 2 rings (SSSR count). The number of aryl methyl sites for hydroxylation is 3. The molecule has 0 aliphatic carbocycles. The Morgan fingerprint density at radius 3 is 2.35 bits per heavy atom. The summed E-state index contributed by atoms with van der Waals surface area (Å²) in [6, 6.07) is 10.5. The molecule has 0 aliphatic rings. The number of benzene rings is 1. The van der Waals surface area contributed by atoms with Crippen LogP contribution in [0, 0.1) is 32.1 Å². The van der Waals surface area contributed by atoms with Gasteiger partial charge in [0.1, 0.15) is 11.2 Å². The summed E-state index contributed by atoms with van der Waals surface area (Å²) >= 11 is 0. The van der Waals surface area contributed by atoms with Crippen LogP contribution < -0.4 is 0 Å². The fraction of sp³-hybridized carbons (Fsp3) is 0.353. The lowest BCUT2D eigenvalue weighted by atomic mass is 9.94. The number of nitrogens with zero attached hydrogens (tertiary/aromatic N) is 3. The molecule has 3 nitrogen and oxygen atoms in total. The third-order valence-corrected chi connectivity index (χ3v) is 3.35. The van der Waals surface area contributed by atoms with Gasteiger partial charge in [-0.15, -0.1) is 0 Å². The molecule has 1 aromatic heterocycles. The number of nitriles is 1. The fourth-order valence-corrected chi connectivity index (χ4v) is 2.14. The Balaban J connectivity index is 2.62. The lowest BCUT2D eigenvalue weighted by Gasteiger charge is -2.16. The van der Waals surface area contributed by atoms with Gasteiger partial charge in [0.05, 0.1) is 11.8 Å². The van der Waals surface area contributed by atoms with Crippen LogP contribution in [-0.4, -0.2) is 9.97 Å². The maximum Gasteiger partial charge on any atom is 0.148 e. The highest BCUT2D eigenvalue weighted by Gasteiger charge is 2.24. The first kappa shape index (κ1) is 14.2. The maximum atomic E-state index is 9.26. The molecule has 1 aromatic carbocycles. The first-order chi connectivity index (χ1) is 9.33. The van der Waals surface area contributed by atoms with Crippen molar-refractivity contribution >= 4 is 0 Å². The standard InChI is InChI=1S/C17H19N3/c1-11-6-7-14(12(2)8-11)15-9-13(3)19-16(20-15)17(4,5)10-18/h6-9H,1-5H3. The van der Waals surface area contributed by atoms with Gasteiger partial charge in [0, 0.05) is 11.3 Å². The van der Waals surface area contributed by atoms with Crippen LogP contribution >= 0.6 is 0 Å². The molecule has 3 heteroatoms. The van der Waals surface area contributed by atoms with Gasteiger partial charge in [-0.1, -0.05) is 23.8 Å². The van der Waals surface area contributed by atoms with Crippen molar-refractivity contribution in [2.75, 3.05) is 0 Å². The zero-order chi connectivity index (χ0) is 14.9. The van der Waals surface area contributed by atoms with Crippen molar-refractivity contribution in [3.63, 3.8) is 0 Å². The van der Waals surface area contributed by atoms with Crippen molar-refractivity contribution in [1.29, 1.82) is 5.26 Å². The fourth-order valence-electron chi connectivity index (χ4n) is 2.14. The molecular formula is C17H19N3. The second kappa shape index (κ2) is 5.05. The van der Waals surface area contributed by atoms with Crippen LogP contribution in [0.25, 0.3) is 11.3 Å². The van der Waals surface area contributed by atoms with Crippen LogP contribution in [0.4, 0.5) is 0 Å². The molecule has 0 bridgehead atoms. The number of aromatic nitrogens is 2. The molecule has 0 N–H and O–H groups in total. The zero-order valence-electron chi connectivity index (χ0n) is 12.7. The van der Waals surface area contributed by atoms with E-state index >= 15 is 0 Å². The van der Waals surface area contributed by atoms with Gasteiger partial charge in [0.2, 0.25) is 0 Å².